The van der Waals surface area contributed by atoms with Gasteiger partial charge in [0, 0.05) is 14.7 Å². The minimum absolute atomic E-state index is 0.253. The molecule has 2 aliphatic rings. The number of β-lactam (4-membered cyclic amide) rings is 1. The van der Waals surface area contributed by atoms with Crippen LogP contribution in [0.2, 0.25) is 10.0 Å². The average Bonchev–Trinajstić information content (AvgIpc) is 2.96. The average molecular weight is 505 g/mol. The SMILES string of the molecule is CCCCC(Sc1ccc(Cl)cc1Cl)C(=O)N[C@@]1(C)C(=O)N2[C@@H](C(=O)O)C(C)(C)S[C@@H]21. The van der Waals surface area contributed by atoms with Crippen LogP contribution < -0.4 is 5.32 Å². The Kier molecular flexibility index (Phi) is 7.16. The van der Waals surface area contributed by atoms with Crippen molar-refractivity contribution in [3.63, 3.8) is 0 Å². The van der Waals surface area contributed by atoms with Crippen LogP contribution in [0.15, 0.2) is 23.1 Å². The first kappa shape index (κ1) is 24.6. The molecule has 0 radical (unpaired) electrons. The number of unbranched alkanes of at least 4 members (excludes halogenated alkanes) is 1. The molecule has 1 aromatic rings. The normalized spacial score (nSPS) is 27.4. The third kappa shape index (κ3) is 4.54. The van der Waals surface area contributed by atoms with Gasteiger partial charge in [0.15, 0.2) is 0 Å². The van der Waals surface area contributed by atoms with Crippen LogP contribution in [0.25, 0.3) is 0 Å². The number of aliphatic carboxylic acids is 1. The summed E-state index contributed by atoms with van der Waals surface area (Å²) in [6, 6.07) is 4.23. The molecule has 0 aliphatic carbocycles. The summed E-state index contributed by atoms with van der Waals surface area (Å²) in [7, 11) is 0. The van der Waals surface area contributed by atoms with Gasteiger partial charge in [0.2, 0.25) is 5.91 Å². The number of nitrogens with zero attached hydrogens (tertiary/aromatic N) is 1. The summed E-state index contributed by atoms with van der Waals surface area (Å²) in [4.78, 5) is 40.1. The van der Waals surface area contributed by atoms with E-state index in [0.29, 0.717) is 16.5 Å². The molecule has 2 amide bonds. The second-order valence-electron chi connectivity index (χ2n) is 8.54. The molecule has 0 saturated carbocycles. The second kappa shape index (κ2) is 9.04. The van der Waals surface area contributed by atoms with Gasteiger partial charge in [0.25, 0.3) is 5.91 Å². The lowest BCUT2D eigenvalue weighted by Gasteiger charge is -2.51. The lowest BCUT2D eigenvalue weighted by atomic mass is 9.86. The van der Waals surface area contributed by atoms with E-state index in [0.717, 1.165) is 17.7 Å². The van der Waals surface area contributed by atoms with E-state index < -0.39 is 32.9 Å². The highest BCUT2D eigenvalue weighted by atomic mass is 35.5. The number of hydrogen-bond donors (Lipinski definition) is 2. The van der Waals surface area contributed by atoms with E-state index in [-0.39, 0.29) is 11.8 Å². The van der Waals surface area contributed by atoms with Gasteiger partial charge < -0.3 is 15.3 Å². The lowest BCUT2D eigenvalue weighted by molar-refractivity contribution is -0.167. The quantitative estimate of drug-likeness (QED) is 0.395. The smallest absolute Gasteiger partial charge is 0.327 e. The molecular formula is C21H26Cl2N2O4S2. The second-order valence-corrected chi connectivity index (χ2v) is 12.4. The van der Waals surface area contributed by atoms with Crippen molar-refractivity contribution in [2.45, 2.75) is 78.8 Å². The maximum absolute atomic E-state index is 13.3. The first-order valence-corrected chi connectivity index (χ1v) is 12.6. The fraction of sp³-hybridized carbons (Fsp3) is 0.571. The molecule has 4 atom stereocenters. The van der Waals surface area contributed by atoms with Crippen LogP contribution in [-0.4, -0.2) is 54.7 Å². The molecule has 10 heteroatoms. The van der Waals surface area contributed by atoms with Crippen LogP contribution in [0.5, 0.6) is 0 Å². The van der Waals surface area contributed by atoms with Crippen LogP contribution >= 0.6 is 46.7 Å². The maximum Gasteiger partial charge on any atom is 0.327 e. The Morgan fingerprint density at radius 1 is 1.32 bits per heavy atom. The van der Waals surface area contributed by atoms with E-state index in [4.69, 9.17) is 23.2 Å². The van der Waals surface area contributed by atoms with Gasteiger partial charge in [-0.25, -0.2) is 4.79 Å². The largest absolute Gasteiger partial charge is 0.480 e. The molecule has 3 rings (SSSR count). The molecular weight excluding hydrogens is 479 g/mol. The summed E-state index contributed by atoms with van der Waals surface area (Å²) in [5.74, 6) is -1.65. The van der Waals surface area contributed by atoms with E-state index in [9.17, 15) is 19.5 Å². The molecule has 170 valence electrons. The molecule has 2 fully saturated rings. The van der Waals surface area contributed by atoms with Gasteiger partial charge in [-0.3, -0.25) is 9.59 Å². The molecule has 0 aromatic heterocycles. The van der Waals surface area contributed by atoms with E-state index in [2.05, 4.69) is 5.32 Å². The summed E-state index contributed by atoms with van der Waals surface area (Å²) in [6.07, 6.45) is 2.40. The van der Waals surface area contributed by atoms with E-state index in [1.54, 1.807) is 25.1 Å². The third-order valence-electron chi connectivity index (χ3n) is 5.67. The number of benzene rings is 1. The molecule has 6 nitrogen and oxygen atoms in total. The van der Waals surface area contributed by atoms with Crippen molar-refractivity contribution in [2.75, 3.05) is 0 Å². The van der Waals surface area contributed by atoms with Crippen molar-refractivity contribution in [1.82, 2.24) is 10.2 Å². The summed E-state index contributed by atoms with van der Waals surface area (Å²) < 4.78 is -0.651. The van der Waals surface area contributed by atoms with Gasteiger partial charge >= 0.3 is 5.97 Å². The molecule has 2 aliphatic heterocycles. The Balaban J connectivity index is 1.78. The molecule has 31 heavy (non-hydrogen) atoms. The Labute approximate surface area is 200 Å². The summed E-state index contributed by atoms with van der Waals surface area (Å²) in [5.41, 5.74) is -1.14. The van der Waals surface area contributed by atoms with Gasteiger partial charge in [0.05, 0.1) is 10.3 Å². The zero-order chi connectivity index (χ0) is 23.1. The highest BCUT2D eigenvalue weighted by Crippen LogP contribution is 2.54. The number of fused-ring (bicyclic) bond motifs is 1. The van der Waals surface area contributed by atoms with E-state index in [1.807, 2.05) is 20.8 Å². The molecule has 2 heterocycles. The predicted molar refractivity (Wildman–Crippen MR) is 126 cm³/mol. The molecule has 1 aromatic carbocycles. The first-order chi connectivity index (χ1) is 14.4. The summed E-state index contributed by atoms with van der Waals surface area (Å²) >= 11 is 15.0. The Hall–Kier alpha value is -1.09. The van der Waals surface area contributed by atoms with Gasteiger partial charge in [-0.15, -0.1) is 23.5 Å². The monoisotopic (exact) mass is 504 g/mol. The summed E-state index contributed by atoms with van der Waals surface area (Å²) in [6.45, 7) is 7.35. The summed E-state index contributed by atoms with van der Waals surface area (Å²) in [5, 5.41) is 12.7. The predicted octanol–water partition coefficient (Wildman–Crippen LogP) is 4.67. The van der Waals surface area contributed by atoms with Gasteiger partial charge in [-0.05, 0) is 45.4 Å². The van der Waals surface area contributed by atoms with Gasteiger partial charge in [-0.2, -0.15) is 0 Å². The molecule has 1 unspecified atom stereocenters. The number of nitrogens with one attached hydrogen (secondary N) is 1. The fourth-order valence-corrected chi connectivity index (χ4v) is 7.29. The molecule has 0 bridgehead atoms. The Morgan fingerprint density at radius 2 is 2.00 bits per heavy atom. The van der Waals surface area contributed by atoms with Crippen LogP contribution in [0.1, 0.15) is 47.0 Å². The number of rotatable bonds is 8. The molecule has 2 saturated heterocycles. The van der Waals surface area contributed by atoms with Crippen LogP contribution in [-0.2, 0) is 14.4 Å². The third-order valence-corrected chi connectivity index (χ3v) is 9.43. The highest BCUT2D eigenvalue weighted by molar-refractivity contribution is 8.01. The Morgan fingerprint density at radius 3 is 2.58 bits per heavy atom. The fourth-order valence-electron chi connectivity index (χ4n) is 4.03. The van der Waals surface area contributed by atoms with Crippen LogP contribution in [0, 0.1) is 0 Å². The number of halogens is 2. The topological polar surface area (TPSA) is 86.7 Å². The van der Waals surface area contributed by atoms with Crippen molar-refractivity contribution < 1.29 is 19.5 Å². The van der Waals surface area contributed by atoms with Crippen molar-refractivity contribution in [3.8, 4) is 0 Å². The van der Waals surface area contributed by atoms with E-state index >= 15 is 0 Å². The van der Waals surface area contributed by atoms with Crippen molar-refractivity contribution in [1.29, 1.82) is 0 Å². The number of amides is 2. The minimum Gasteiger partial charge on any atom is -0.480 e. The highest BCUT2D eigenvalue weighted by Gasteiger charge is 2.70. The number of hydrogen-bond acceptors (Lipinski definition) is 5. The van der Waals surface area contributed by atoms with Gasteiger partial charge in [-0.1, -0.05) is 43.0 Å². The maximum atomic E-state index is 13.3. The number of carbonyl (C=O) groups is 3. The van der Waals surface area contributed by atoms with Crippen LogP contribution in [0.4, 0.5) is 0 Å². The molecule has 0 spiro atoms. The van der Waals surface area contributed by atoms with E-state index in [1.165, 1.54) is 28.4 Å². The zero-order valence-electron chi connectivity index (χ0n) is 17.8. The van der Waals surface area contributed by atoms with Crippen molar-refractivity contribution in [2.24, 2.45) is 0 Å². The first-order valence-electron chi connectivity index (χ1n) is 10.1. The van der Waals surface area contributed by atoms with Gasteiger partial charge in [0.1, 0.15) is 17.0 Å². The standard InChI is InChI=1S/C21H26Cl2N2O4S2/c1-5-6-7-14(30-13-9-8-11(22)10-12(13)23)16(26)24-21(4)18(29)25-15(17(27)28)20(2,3)31-19(21)25/h8-10,14-15,19H,5-7H2,1-4H3,(H,24,26)(H,27,28)/t14?,15-,19+,21-/m0/s1. The zero-order valence-corrected chi connectivity index (χ0v) is 20.9. The van der Waals surface area contributed by atoms with Crippen molar-refractivity contribution in [3.05, 3.63) is 28.2 Å². The van der Waals surface area contributed by atoms with Crippen LogP contribution in [0.3, 0.4) is 0 Å². The lowest BCUT2D eigenvalue weighted by Crippen LogP contribution is -2.78. The number of carbonyl (C=O) groups excluding carboxylic acids is 2. The number of thioether (sulfide) groups is 2. The number of carboxylic acid groups (broad SMARTS) is 1. The minimum atomic E-state index is -1.14. The molecule has 2 N–H and O–H groups in total. The van der Waals surface area contributed by atoms with Crippen molar-refractivity contribution >= 4 is 64.5 Å². The Bertz CT molecular complexity index is 913. The number of carboxylic acids is 1.